The van der Waals surface area contributed by atoms with E-state index in [1.165, 1.54) is 0 Å². The molecule has 0 amide bonds. The Labute approximate surface area is 89.4 Å². The summed E-state index contributed by atoms with van der Waals surface area (Å²) >= 11 is 0. The number of pyridine rings is 1. The van der Waals surface area contributed by atoms with E-state index >= 15 is 0 Å². The molecule has 0 aliphatic carbocycles. The lowest BCUT2D eigenvalue weighted by Crippen LogP contribution is -2.17. The molecule has 1 saturated heterocycles. The third kappa shape index (κ3) is 2.67. The lowest BCUT2D eigenvalue weighted by atomic mass is 10.2. The van der Waals surface area contributed by atoms with Gasteiger partial charge in [-0.1, -0.05) is 0 Å². The number of rotatable bonds is 4. The van der Waals surface area contributed by atoms with Crippen LogP contribution in [0.15, 0.2) is 18.5 Å². The van der Waals surface area contributed by atoms with Crippen molar-refractivity contribution < 1.29 is 9.47 Å². The third-order valence-electron chi connectivity index (χ3n) is 2.53. The molecule has 1 atom stereocenters. The zero-order valence-corrected chi connectivity index (χ0v) is 8.69. The first kappa shape index (κ1) is 10.4. The van der Waals surface area contributed by atoms with Crippen LogP contribution in [0.3, 0.4) is 0 Å². The van der Waals surface area contributed by atoms with E-state index in [4.69, 9.17) is 15.2 Å². The fourth-order valence-corrected chi connectivity index (χ4v) is 1.67. The van der Waals surface area contributed by atoms with Crippen LogP contribution in [-0.4, -0.2) is 24.3 Å². The number of nitrogens with zero attached hydrogens (tertiary/aromatic N) is 1. The van der Waals surface area contributed by atoms with Crippen LogP contribution in [-0.2, 0) is 11.3 Å². The molecule has 2 rings (SSSR count). The molecule has 2 N–H and O–H groups in total. The van der Waals surface area contributed by atoms with Crippen molar-refractivity contribution in [3.8, 4) is 5.75 Å². The molecule has 1 aliphatic rings. The Hall–Kier alpha value is -1.13. The predicted octanol–water partition coefficient (Wildman–Crippen LogP) is 1.10. The van der Waals surface area contributed by atoms with Gasteiger partial charge in [0.2, 0.25) is 0 Å². The van der Waals surface area contributed by atoms with Gasteiger partial charge in [0, 0.05) is 31.1 Å². The van der Waals surface area contributed by atoms with Crippen molar-refractivity contribution in [2.75, 3.05) is 13.2 Å². The minimum absolute atomic E-state index is 0.240. The topological polar surface area (TPSA) is 57.4 Å². The molecule has 1 aromatic heterocycles. The lowest BCUT2D eigenvalue weighted by molar-refractivity contribution is 0.0676. The Balaban J connectivity index is 1.91. The van der Waals surface area contributed by atoms with Gasteiger partial charge in [-0.05, 0) is 18.9 Å². The van der Waals surface area contributed by atoms with Gasteiger partial charge in [-0.25, -0.2) is 0 Å². The Kier molecular flexibility index (Phi) is 3.53. The van der Waals surface area contributed by atoms with Gasteiger partial charge in [0.25, 0.3) is 0 Å². The van der Waals surface area contributed by atoms with Gasteiger partial charge >= 0.3 is 0 Å². The molecule has 4 heteroatoms. The Morgan fingerprint density at radius 3 is 3.27 bits per heavy atom. The van der Waals surface area contributed by atoms with Crippen LogP contribution in [0.2, 0.25) is 0 Å². The molecule has 0 aromatic carbocycles. The van der Waals surface area contributed by atoms with Gasteiger partial charge in [-0.15, -0.1) is 0 Å². The molecule has 0 saturated carbocycles. The van der Waals surface area contributed by atoms with Gasteiger partial charge in [0.15, 0.2) is 0 Å². The van der Waals surface area contributed by atoms with Crippen molar-refractivity contribution >= 4 is 0 Å². The van der Waals surface area contributed by atoms with Gasteiger partial charge in [-0.2, -0.15) is 0 Å². The highest BCUT2D eigenvalue weighted by Gasteiger charge is 2.16. The number of hydrogen-bond acceptors (Lipinski definition) is 4. The molecule has 0 radical (unpaired) electrons. The second-order valence-electron chi connectivity index (χ2n) is 3.63. The molecule has 2 heterocycles. The van der Waals surface area contributed by atoms with Gasteiger partial charge in [0.05, 0.1) is 6.10 Å². The van der Waals surface area contributed by atoms with Gasteiger partial charge < -0.3 is 15.2 Å². The molecule has 1 unspecified atom stereocenters. The molecule has 0 bridgehead atoms. The first-order valence-corrected chi connectivity index (χ1v) is 5.27. The summed E-state index contributed by atoms with van der Waals surface area (Å²) in [7, 11) is 0. The Bertz CT molecular complexity index is 311. The summed E-state index contributed by atoms with van der Waals surface area (Å²) in [6, 6.07) is 1.84. The average molecular weight is 208 g/mol. The Morgan fingerprint density at radius 2 is 2.53 bits per heavy atom. The van der Waals surface area contributed by atoms with Gasteiger partial charge in [0.1, 0.15) is 12.4 Å². The molecular formula is C11H16N2O2. The van der Waals surface area contributed by atoms with Crippen LogP contribution in [0.5, 0.6) is 5.75 Å². The van der Waals surface area contributed by atoms with Crippen LogP contribution >= 0.6 is 0 Å². The third-order valence-corrected chi connectivity index (χ3v) is 2.53. The van der Waals surface area contributed by atoms with E-state index in [0.717, 1.165) is 30.8 Å². The summed E-state index contributed by atoms with van der Waals surface area (Å²) in [5, 5.41) is 0. The number of ether oxygens (including phenoxy) is 2. The maximum absolute atomic E-state index is 5.67. The van der Waals surface area contributed by atoms with Crippen LogP contribution < -0.4 is 10.5 Å². The summed E-state index contributed by atoms with van der Waals surface area (Å²) in [5.41, 5.74) is 6.52. The second kappa shape index (κ2) is 5.09. The first-order valence-electron chi connectivity index (χ1n) is 5.27. The Morgan fingerprint density at radius 1 is 1.60 bits per heavy atom. The lowest BCUT2D eigenvalue weighted by Gasteiger charge is -2.13. The van der Waals surface area contributed by atoms with Crippen molar-refractivity contribution in [3.63, 3.8) is 0 Å². The molecule has 4 nitrogen and oxygen atoms in total. The minimum atomic E-state index is 0.240. The largest absolute Gasteiger partial charge is 0.490 e. The number of hydrogen-bond donors (Lipinski definition) is 1. The monoisotopic (exact) mass is 208 g/mol. The average Bonchev–Trinajstić information content (AvgIpc) is 2.79. The predicted molar refractivity (Wildman–Crippen MR) is 56.6 cm³/mol. The molecule has 1 aliphatic heterocycles. The summed E-state index contributed by atoms with van der Waals surface area (Å²) in [6.45, 7) is 1.92. The first-order chi connectivity index (χ1) is 7.40. The highest BCUT2D eigenvalue weighted by Crippen LogP contribution is 2.18. The van der Waals surface area contributed by atoms with E-state index < -0.39 is 0 Å². The standard InChI is InChI=1S/C11H16N2O2/c12-6-9-7-13-4-3-11(9)15-8-10-2-1-5-14-10/h3-4,7,10H,1-2,5-6,8,12H2. The highest BCUT2D eigenvalue weighted by molar-refractivity contribution is 5.29. The van der Waals surface area contributed by atoms with Crippen LogP contribution in [0.1, 0.15) is 18.4 Å². The fourth-order valence-electron chi connectivity index (χ4n) is 1.67. The second-order valence-corrected chi connectivity index (χ2v) is 3.63. The van der Waals surface area contributed by atoms with E-state index in [1.54, 1.807) is 12.4 Å². The summed E-state index contributed by atoms with van der Waals surface area (Å²) in [5.74, 6) is 0.822. The van der Waals surface area contributed by atoms with Crippen LogP contribution in [0, 0.1) is 0 Å². The van der Waals surface area contributed by atoms with Crippen molar-refractivity contribution in [1.82, 2.24) is 4.98 Å². The fraction of sp³-hybridized carbons (Fsp3) is 0.545. The van der Waals surface area contributed by atoms with E-state index in [2.05, 4.69) is 4.98 Å². The normalized spacial score (nSPS) is 20.5. The number of nitrogens with two attached hydrogens (primary N) is 1. The van der Waals surface area contributed by atoms with E-state index in [1.807, 2.05) is 6.07 Å². The van der Waals surface area contributed by atoms with Crippen molar-refractivity contribution in [2.24, 2.45) is 5.73 Å². The van der Waals surface area contributed by atoms with Crippen LogP contribution in [0.4, 0.5) is 0 Å². The zero-order valence-electron chi connectivity index (χ0n) is 8.69. The summed E-state index contributed by atoms with van der Waals surface area (Å²) < 4.78 is 11.1. The minimum Gasteiger partial charge on any atom is -0.490 e. The maximum Gasteiger partial charge on any atom is 0.126 e. The molecule has 0 spiro atoms. The molecule has 82 valence electrons. The summed E-state index contributed by atoms with van der Waals surface area (Å²) in [6.07, 6.45) is 5.91. The van der Waals surface area contributed by atoms with Crippen LogP contribution in [0.25, 0.3) is 0 Å². The van der Waals surface area contributed by atoms with E-state index in [0.29, 0.717) is 13.2 Å². The van der Waals surface area contributed by atoms with Gasteiger partial charge in [-0.3, -0.25) is 4.98 Å². The van der Waals surface area contributed by atoms with E-state index in [-0.39, 0.29) is 6.10 Å². The maximum atomic E-state index is 5.67. The SMILES string of the molecule is NCc1cnccc1OCC1CCCO1. The van der Waals surface area contributed by atoms with Crippen molar-refractivity contribution in [3.05, 3.63) is 24.0 Å². The number of aromatic nitrogens is 1. The molecule has 15 heavy (non-hydrogen) atoms. The van der Waals surface area contributed by atoms with Crippen molar-refractivity contribution in [2.45, 2.75) is 25.5 Å². The molecule has 1 aromatic rings. The quantitative estimate of drug-likeness (QED) is 0.805. The van der Waals surface area contributed by atoms with E-state index in [9.17, 15) is 0 Å². The highest BCUT2D eigenvalue weighted by atomic mass is 16.5. The molecular weight excluding hydrogens is 192 g/mol. The summed E-state index contributed by atoms with van der Waals surface area (Å²) in [4.78, 5) is 4.00. The van der Waals surface area contributed by atoms with Crippen molar-refractivity contribution in [1.29, 1.82) is 0 Å². The molecule has 1 fully saturated rings. The smallest absolute Gasteiger partial charge is 0.126 e. The zero-order chi connectivity index (χ0) is 10.5.